The number of carbonyl (C=O) groups is 1. The number of hydrogen-bond acceptors (Lipinski definition) is 4. The lowest BCUT2D eigenvalue weighted by molar-refractivity contribution is 0.0716. The first kappa shape index (κ1) is 16.0. The Labute approximate surface area is 150 Å². The van der Waals surface area contributed by atoms with Crippen LogP contribution < -0.4 is 4.90 Å². The maximum absolute atomic E-state index is 12.9. The van der Waals surface area contributed by atoms with Crippen LogP contribution in [-0.4, -0.2) is 42.0 Å². The second kappa shape index (κ2) is 6.41. The summed E-state index contributed by atoms with van der Waals surface area (Å²) >= 11 is 6.19. The number of amides is 1. The van der Waals surface area contributed by atoms with Crippen molar-refractivity contribution in [2.45, 2.75) is 6.92 Å². The first-order valence-corrected chi connectivity index (χ1v) is 8.65. The van der Waals surface area contributed by atoms with Crippen LogP contribution in [0.25, 0.3) is 11.0 Å². The predicted octanol–water partition coefficient (Wildman–Crippen LogP) is 3.75. The fraction of sp³-hybridized carbons (Fsp3) is 0.263. The summed E-state index contributed by atoms with van der Waals surface area (Å²) in [6, 6.07) is 9.55. The Bertz CT molecular complexity index is 915. The van der Waals surface area contributed by atoms with Crippen molar-refractivity contribution in [3.05, 3.63) is 59.1 Å². The molecular weight excluding hydrogens is 338 g/mol. The molecule has 1 aliphatic rings. The highest BCUT2D eigenvalue weighted by Gasteiger charge is 2.27. The van der Waals surface area contributed by atoms with Crippen molar-refractivity contribution in [1.82, 2.24) is 9.88 Å². The Balaban J connectivity index is 1.53. The first-order valence-electron chi connectivity index (χ1n) is 8.27. The van der Waals surface area contributed by atoms with Crippen LogP contribution in [0.5, 0.6) is 0 Å². The van der Waals surface area contributed by atoms with Crippen molar-refractivity contribution in [2.24, 2.45) is 0 Å². The number of halogens is 1. The maximum Gasteiger partial charge on any atom is 0.290 e. The molecule has 1 fully saturated rings. The minimum atomic E-state index is -0.0702. The number of aryl methyl sites for hydroxylation is 1. The van der Waals surface area contributed by atoms with Gasteiger partial charge in [0.1, 0.15) is 0 Å². The SMILES string of the molecule is Cc1c(C(=O)N2CCN(c3ccncc3)CC2)oc2c(Cl)cccc12. The summed E-state index contributed by atoms with van der Waals surface area (Å²) in [6.07, 6.45) is 3.57. The number of nitrogens with zero attached hydrogens (tertiary/aromatic N) is 3. The van der Waals surface area contributed by atoms with Gasteiger partial charge in [0, 0.05) is 55.2 Å². The lowest BCUT2D eigenvalue weighted by Gasteiger charge is -2.35. The summed E-state index contributed by atoms with van der Waals surface area (Å²) in [4.78, 5) is 21.1. The van der Waals surface area contributed by atoms with Crippen LogP contribution in [0, 0.1) is 6.92 Å². The van der Waals surface area contributed by atoms with Crippen molar-refractivity contribution in [3.8, 4) is 0 Å². The number of anilines is 1. The molecule has 25 heavy (non-hydrogen) atoms. The van der Waals surface area contributed by atoms with Gasteiger partial charge in [-0.15, -0.1) is 0 Å². The molecule has 0 bridgehead atoms. The Morgan fingerprint density at radius 1 is 1.12 bits per heavy atom. The minimum Gasteiger partial charge on any atom is -0.449 e. The van der Waals surface area contributed by atoms with Crippen LogP contribution in [0.15, 0.2) is 47.1 Å². The van der Waals surface area contributed by atoms with Crippen LogP contribution >= 0.6 is 11.6 Å². The highest BCUT2D eigenvalue weighted by Crippen LogP contribution is 2.31. The van der Waals surface area contributed by atoms with Crippen molar-refractivity contribution < 1.29 is 9.21 Å². The van der Waals surface area contributed by atoms with E-state index in [1.807, 2.05) is 36.1 Å². The monoisotopic (exact) mass is 355 g/mol. The smallest absolute Gasteiger partial charge is 0.290 e. The van der Waals surface area contributed by atoms with Gasteiger partial charge < -0.3 is 14.2 Å². The molecule has 0 unspecified atom stereocenters. The van der Waals surface area contributed by atoms with Gasteiger partial charge in [-0.25, -0.2) is 0 Å². The number of rotatable bonds is 2. The summed E-state index contributed by atoms with van der Waals surface area (Å²) in [5, 5.41) is 1.42. The molecule has 5 nitrogen and oxygen atoms in total. The Morgan fingerprint density at radius 2 is 1.84 bits per heavy atom. The second-order valence-corrected chi connectivity index (χ2v) is 6.56. The molecule has 1 aliphatic heterocycles. The van der Waals surface area contributed by atoms with E-state index in [0.29, 0.717) is 29.5 Å². The van der Waals surface area contributed by atoms with E-state index in [-0.39, 0.29) is 5.91 Å². The molecule has 6 heteroatoms. The summed E-state index contributed by atoms with van der Waals surface area (Å²) in [5.74, 6) is 0.319. The molecule has 0 spiro atoms. The summed E-state index contributed by atoms with van der Waals surface area (Å²) in [7, 11) is 0. The molecule has 1 amide bonds. The molecule has 0 radical (unpaired) electrons. The number of furan rings is 1. The molecule has 0 aliphatic carbocycles. The zero-order valence-electron chi connectivity index (χ0n) is 13.9. The summed E-state index contributed by atoms with van der Waals surface area (Å²) in [5.41, 5.74) is 2.56. The number of hydrogen-bond donors (Lipinski definition) is 0. The summed E-state index contributed by atoms with van der Waals surface area (Å²) in [6.45, 7) is 4.80. The molecule has 3 heterocycles. The lowest BCUT2D eigenvalue weighted by Crippen LogP contribution is -2.48. The molecular formula is C19H18ClN3O2. The molecule has 128 valence electrons. The van der Waals surface area contributed by atoms with E-state index in [9.17, 15) is 4.79 Å². The highest BCUT2D eigenvalue weighted by atomic mass is 35.5. The average Bonchev–Trinajstić information content (AvgIpc) is 3.00. The number of benzene rings is 1. The van der Waals surface area contributed by atoms with Gasteiger partial charge in [0.15, 0.2) is 11.3 Å². The van der Waals surface area contributed by atoms with Crippen LogP contribution in [0.2, 0.25) is 5.02 Å². The standard InChI is InChI=1S/C19H18ClN3O2/c1-13-15-3-2-4-16(20)18(15)25-17(13)19(24)23-11-9-22(10-12-23)14-5-7-21-8-6-14/h2-8H,9-12H2,1H3. The Morgan fingerprint density at radius 3 is 2.52 bits per heavy atom. The molecule has 1 saturated heterocycles. The van der Waals surface area contributed by atoms with Crippen LogP contribution in [0.4, 0.5) is 5.69 Å². The second-order valence-electron chi connectivity index (χ2n) is 6.16. The zero-order chi connectivity index (χ0) is 17.4. The van der Waals surface area contributed by atoms with Gasteiger partial charge in [0.05, 0.1) is 5.02 Å². The van der Waals surface area contributed by atoms with Gasteiger partial charge in [-0.2, -0.15) is 0 Å². The van der Waals surface area contributed by atoms with Gasteiger partial charge in [0.25, 0.3) is 5.91 Å². The highest BCUT2D eigenvalue weighted by molar-refractivity contribution is 6.35. The van der Waals surface area contributed by atoms with E-state index in [0.717, 1.165) is 29.7 Å². The van der Waals surface area contributed by atoms with Crippen molar-refractivity contribution in [1.29, 1.82) is 0 Å². The topological polar surface area (TPSA) is 49.6 Å². The van der Waals surface area contributed by atoms with Gasteiger partial charge in [-0.05, 0) is 25.1 Å². The zero-order valence-corrected chi connectivity index (χ0v) is 14.7. The van der Waals surface area contributed by atoms with E-state index in [4.69, 9.17) is 16.0 Å². The van der Waals surface area contributed by atoms with Crippen molar-refractivity contribution >= 4 is 34.2 Å². The van der Waals surface area contributed by atoms with E-state index in [1.165, 1.54) is 0 Å². The van der Waals surface area contributed by atoms with Gasteiger partial charge >= 0.3 is 0 Å². The molecule has 0 N–H and O–H groups in total. The third-order valence-electron chi connectivity index (χ3n) is 4.70. The molecule has 1 aromatic carbocycles. The number of piperazine rings is 1. The molecule has 0 atom stereocenters. The number of carbonyl (C=O) groups excluding carboxylic acids is 1. The quantitative estimate of drug-likeness (QED) is 0.702. The third-order valence-corrected chi connectivity index (χ3v) is 5.00. The fourth-order valence-electron chi connectivity index (χ4n) is 3.28. The predicted molar refractivity (Wildman–Crippen MR) is 98.3 cm³/mol. The van der Waals surface area contributed by atoms with Gasteiger partial charge in [-0.1, -0.05) is 23.7 Å². The van der Waals surface area contributed by atoms with E-state index in [1.54, 1.807) is 18.5 Å². The number of pyridine rings is 1. The van der Waals surface area contributed by atoms with Crippen molar-refractivity contribution in [2.75, 3.05) is 31.1 Å². The molecule has 0 saturated carbocycles. The van der Waals surface area contributed by atoms with Crippen molar-refractivity contribution in [3.63, 3.8) is 0 Å². The average molecular weight is 356 g/mol. The van der Waals surface area contributed by atoms with E-state index < -0.39 is 0 Å². The Kier molecular flexibility index (Phi) is 4.09. The molecule has 3 aromatic rings. The van der Waals surface area contributed by atoms with Crippen LogP contribution in [0.1, 0.15) is 16.1 Å². The van der Waals surface area contributed by atoms with Crippen LogP contribution in [-0.2, 0) is 0 Å². The lowest BCUT2D eigenvalue weighted by atomic mass is 10.1. The Hall–Kier alpha value is -2.53. The summed E-state index contributed by atoms with van der Waals surface area (Å²) < 4.78 is 5.81. The first-order chi connectivity index (χ1) is 12.1. The number of aromatic nitrogens is 1. The third kappa shape index (κ3) is 2.85. The largest absolute Gasteiger partial charge is 0.449 e. The van der Waals surface area contributed by atoms with Gasteiger partial charge in [-0.3, -0.25) is 9.78 Å². The fourth-order valence-corrected chi connectivity index (χ4v) is 3.49. The van der Waals surface area contributed by atoms with Crippen LogP contribution in [0.3, 0.4) is 0 Å². The normalized spacial score (nSPS) is 15.0. The van der Waals surface area contributed by atoms with E-state index >= 15 is 0 Å². The molecule has 2 aromatic heterocycles. The number of fused-ring (bicyclic) bond motifs is 1. The van der Waals surface area contributed by atoms with E-state index in [2.05, 4.69) is 9.88 Å². The maximum atomic E-state index is 12.9. The minimum absolute atomic E-state index is 0.0702. The molecule has 4 rings (SSSR count). The van der Waals surface area contributed by atoms with Gasteiger partial charge in [0.2, 0.25) is 0 Å². The number of para-hydroxylation sites is 1.